The van der Waals surface area contributed by atoms with Crippen LogP contribution in [-0.2, 0) is 32.7 Å². The molecule has 3 fully saturated rings. The SMILES string of the molecule is O=C1CCC(N2Cc3cccc(CN4CC(S(=O)(=O)N5CCNCC5)C4)c3C2=O)C(=O)N1. The molecule has 5 rings (SSSR count). The number of hydrogen-bond acceptors (Lipinski definition) is 7. The topological polar surface area (TPSA) is 119 Å². The minimum Gasteiger partial charge on any atom is -0.322 e. The van der Waals surface area contributed by atoms with Crippen LogP contribution >= 0.6 is 0 Å². The van der Waals surface area contributed by atoms with Crippen LogP contribution in [0.5, 0.6) is 0 Å². The van der Waals surface area contributed by atoms with Crippen molar-refractivity contribution < 1.29 is 22.8 Å². The van der Waals surface area contributed by atoms with Crippen LogP contribution in [0.2, 0.25) is 0 Å². The minimum atomic E-state index is -3.30. The third-order valence-corrected chi connectivity index (χ3v) is 9.04. The highest BCUT2D eigenvalue weighted by atomic mass is 32.2. The number of sulfonamides is 1. The number of piperazine rings is 1. The zero-order valence-corrected chi connectivity index (χ0v) is 18.6. The van der Waals surface area contributed by atoms with Crippen LogP contribution < -0.4 is 10.6 Å². The van der Waals surface area contributed by atoms with Crippen molar-refractivity contribution in [2.24, 2.45) is 0 Å². The average molecular weight is 462 g/mol. The Hall–Kier alpha value is -2.34. The molecule has 0 spiro atoms. The van der Waals surface area contributed by atoms with E-state index in [1.165, 1.54) is 0 Å². The number of rotatable bonds is 5. The fourth-order valence-electron chi connectivity index (χ4n) is 5.01. The van der Waals surface area contributed by atoms with Gasteiger partial charge in [0.25, 0.3) is 5.91 Å². The highest BCUT2D eigenvalue weighted by molar-refractivity contribution is 7.89. The Morgan fingerprint density at radius 3 is 2.53 bits per heavy atom. The van der Waals surface area contributed by atoms with Crippen LogP contribution in [0.1, 0.15) is 34.3 Å². The first-order valence-corrected chi connectivity index (χ1v) is 12.5. The summed E-state index contributed by atoms with van der Waals surface area (Å²) in [6, 6.07) is 5.03. The number of carbonyl (C=O) groups is 3. The molecule has 0 bridgehead atoms. The third kappa shape index (κ3) is 3.72. The second kappa shape index (κ2) is 8.22. The van der Waals surface area contributed by atoms with E-state index in [0.29, 0.717) is 64.3 Å². The lowest BCUT2D eigenvalue weighted by Gasteiger charge is -2.41. The summed E-state index contributed by atoms with van der Waals surface area (Å²) in [5.41, 5.74) is 2.31. The number of amides is 3. The molecular weight excluding hydrogens is 434 g/mol. The van der Waals surface area contributed by atoms with Crippen LogP contribution in [-0.4, -0.2) is 90.8 Å². The van der Waals surface area contributed by atoms with E-state index in [-0.39, 0.29) is 18.2 Å². The Kier molecular flexibility index (Phi) is 5.52. The molecule has 1 unspecified atom stereocenters. The van der Waals surface area contributed by atoms with Gasteiger partial charge in [-0.05, 0) is 17.5 Å². The van der Waals surface area contributed by atoms with Crippen molar-refractivity contribution in [3.8, 4) is 0 Å². The predicted octanol–water partition coefficient (Wildman–Crippen LogP) is -1.13. The second-order valence-corrected chi connectivity index (χ2v) is 11.1. The maximum atomic E-state index is 13.2. The molecule has 1 aromatic carbocycles. The largest absolute Gasteiger partial charge is 0.322 e. The molecule has 172 valence electrons. The van der Waals surface area contributed by atoms with Crippen molar-refractivity contribution in [3.05, 3.63) is 34.9 Å². The second-order valence-electron chi connectivity index (χ2n) is 8.86. The van der Waals surface area contributed by atoms with Gasteiger partial charge in [0.2, 0.25) is 21.8 Å². The van der Waals surface area contributed by atoms with Crippen LogP contribution in [0.4, 0.5) is 0 Å². The zero-order chi connectivity index (χ0) is 22.5. The van der Waals surface area contributed by atoms with Gasteiger partial charge in [-0.1, -0.05) is 18.2 Å². The quantitative estimate of drug-likeness (QED) is 0.533. The molecule has 10 nitrogen and oxygen atoms in total. The zero-order valence-electron chi connectivity index (χ0n) is 17.7. The molecule has 0 aromatic heterocycles. The Balaban J connectivity index is 1.25. The summed E-state index contributed by atoms with van der Waals surface area (Å²) in [6.45, 7) is 4.10. The van der Waals surface area contributed by atoms with Gasteiger partial charge in [-0.15, -0.1) is 0 Å². The van der Waals surface area contributed by atoms with Crippen LogP contribution in [0.25, 0.3) is 0 Å². The van der Waals surface area contributed by atoms with E-state index in [1.54, 1.807) is 9.21 Å². The fraction of sp³-hybridized carbons (Fsp3) is 0.571. The molecule has 3 saturated heterocycles. The molecule has 3 amide bonds. The van der Waals surface area contributed by atoms with Gasteiger partial charge in [-0.2, -0.15) is 4.31 Å². The van der Waals surface area contributed by atoms with Gasteiger partial charge in [0, 0.05) is 64.3 Å². The Morgan fingerprint density at radius 1 is 1.06 bits per heavy atom. The predicted molar refractivity (Wildman–Crippen MR) is 115 cm³/mol. The van der Waals surface area contributed by atoms with Gasteiger partial charge >= 0.3 is 0 Å². The molecule has 0 aliphatic carbocycles. The monoisotopic (exact) mass is 461 g/mol. The van der Waals surface area contributed by atoms with Gasteiger partial charge in [-0.25, -0.2) is 8.42 Å². The maximum Gasteiger partial charge on any atom is 0.255 e. The van der Waals surface area contributed by atoms with E-state index in [1.807, 2.05) is 23.1 Å². The molecule has 32 heavy (non-hydrogen) atoms. The molecule has 11 heteroatoms. The minimum absolute atomic E-state index is 0.199. The number of fused-ring (bicyclic) bond motifs is 1. The number of piperidine rings is 1. The number of nitrogens with one attached hydrogen (secondary N) is 2. The number of benzene rings is 1. The van der Waals surface area contributed by atoms with Crippen molar-refractivity contribution in [1.82, 2.24) is 24.7 Å². The number of likely N-dealkylation sites (tertiary alicyclic amines) is 1. The van der Waals surface area contributed by atoms with Crippen molar-refractivity contribution in [2.45, 2.75) is 37.2 Å². The van der Waals surface area contributed by atoms with E-state index < -0.39 is 27.2 Å². The highest BCUT2D eigenvalue weighted by Gasteiger charge is 2.43. The van der Waals surface area contributed by atoms with E-state index in [0.717, 1.165) is 11.1 Å². The summed E-state index contributed by atoms with van der Waals surface area (Å²) in [7, 11) is -3.30. The number of nitrogens with zero attached hydrogens (tertiary/aromatic N) is 3. The first-order valence-electron chi connectivity index (χ1n) is 11.0. The Morgan fingerprint density at radius 2 is 1.81 bits per heavy atom. The first-order chi connectivity index (χ1) is 15.3. The van der Waals surface area contributed by atoms with Crippen molar-refractivity contribution >= 4 is 27.7 Å². The summed E-state index contributed by atoms with van der Waals surface area (Å²) in [5, 5.41) is 5.08. The van der Waals surface area contributed by atoms with E-state index in [2.05, 4.69) is 10.6 Å². The van der Waals surface area contributed by atoms with Crippen molar-refractivity contribution in [2.75, 3.05) is 39.3 Å². The van der Waals surface area contributed by atoms with Crippen LogP contribution in [0.15, 0.2) is 18.2 Å². The standard InChI is InChI=1S/C21H27N5O5S/c27-18-5-4-17(20(28)23-18)26-11-15-3-1-2-14(19(15)21(26)29)10-24-12-16(13-24)32(30,31)25-8-6-22-7-9-25/h1-3,16-17,22H,4-13H2,(H,23,27,28). The third-order valence-electron chi connectivity index (χ3n) is 6.81. The fourth-order valence-corrected chi connectivity index (χ4v) is 6.92. The van der Waals surface area contributed by atoms with Gasteiger partial charge in [0.05, 0.1) is 0 Å². The molecule has 1 aromatic rings. The molecule has 0 radical (unpaired) electrons. The molecule has 1 atom stereocenters. The summed E-state index contributed by atoms with van der Waals surface area (Å²) in [5.74, 6) is -0.928. The lowest BCUT2D eigenvalue weighted by atomic mass is 10.0. The molecule has 0 saturated carbocycles. The van der Waals surface area contributed by atoms with Crippen LogP contribution in [0, 0.1) is 0 Å². The van der Waals surface area contributed by atoms with Gasteiger partial charge < -0.3 is 10.2 Å². The molecule has 4 aliphatic heterocycles. The Labute approximate surface area is 187 Å². The van der Waals surface area contributed by atoms with E-state index in [4.69, 9.17) is 0 Å². The normalized spacial score (nSPS) is 25.6. The van der Waals surface area contributed by atoms with Gasteiger partial charge in [-0.3, -0.25) is 24.6 Å². The lowest BCUT2D eigenvalue weighted by molar-refractivity contribution is -0.136. The Bertz CT molecular complexity index is 1060. The molecule has 2 N–H and O–H groups in total. The van der Waals surface area contributed by atoms with E-state index >= 15 is 0 Å². The molecule has 4 aliphatic rings. The highest BCUT2D eigenvalue weighted by Crippen LogP contribution is 2.31. The van der Waals surface area contributed by atoms with Crippen LogP contribution in [0.3, 0.4) is 0 Å². The van der Waals surface area contributed by atoms with Crippen molar-refractivity contribution in [1.29, 1.82) is 0 Å². The van der Waals surface area contributed by atoms with E-state index in [9.17, 15) is 22.8 Å². The molecule has 4 heterocycles. The summed E-state index contributed by atoms with van der Waals surface area (Å²) >= 11 is 0. The first kappa shape index (κ1) is 21.5. The number of carbonyl (C=O) groups excluding carboxylic acids is 3. The molecular formula is C21H27N5O5S. The smallest absolute Gasteiger partial charge is 0.255 e. The number of hydrogen-bond donors (Lipinski definition) is 2. The van der Waals surface area contributed by atoms with Gasteiger partial charge in [0.15, 0.2) is 0 Å². The summed E-state index contributed by atoms with van der Waals surface area (Å²) < 4.78 is 27.2. The summed E-state index contributed by atoms with van der Waals surface area (Å²) in [4.78, 5) is 40.5. The number of imide groups is 1. The lowest BCUT2D eigenvalue weighted by Crippen LogP contribution is -2.60. The van der Waals surface area contributed by atoms with Crippen molar-refractivity contribution in [3.63, 3.8) is 0 Å². The summed E-state index contributed by atoms with van der Waals surface area (Å²) in [6.07, 6.45) is 0.553. The average Bonchev–Trinajstić information content (AvgIpc) is 3.08. The maximum absolute atomic E-state index is 13.2. The van der Waals surface area contributed by atoms with Gasteiger partial charge in [0.1, 0.15) is 11.3 Å².